The van der Waals surface area contributed by atoms with E-state index in [9.17, 15) is 0 Å². The molecular weight excluding hydrogens is 300 g/mol. The van der Waals surface area contributed by atoms with Crippen LogP contribution in [0.4, 0.5) is 0 Å². The van der Waals surface area contributed by atoms with Crippen molar-refractivity contribution in [3.8, 4) is 0 Å². The van der Waals surface area contributed by atoms with Gasteiger partial charge in [-0.25, -0.2) is 0 Å². The first kappa shape index (κ1) is 85.2. The first-order chi connectivity index (χ1) is 11.7. The fourth-order valence-electron chi connectivity index (χ4n) is 0. The lowest BCUT2D eigenvalue weighted by molar-refractivity contribution is 0.737. The highest BCUT2D eigenvalue weighted by molar-refractivity contribution is 4.20. The van der Waals surface area contributed by atoms with Gasteiger partial charge in [-0.1, -0.05) is 167 Å². The van der Waals surface area contributed by atoms with Gasteiger partial charge >= 0.3 is 0 Å². The Labute approximate surface area is 173 Å². The van der Waals surface area contributed by atoms with Crippen LogP contribution in [0.1, 0.15) is 167 Å². The summed E-state index contributed by atoms with van der Waals surface area (Å²) in [5, 5.41) is 0. The van der Waals surface area contributed by atoms with Gasteiger partial charge in [-0.05, 0) is 5.92 Å². The molecule has 0 aromatic heterocycles. The summed E-state index contributed by atoms with van der Waals surface area (Å²) < 4.78 is 0. The Kier molecular flexibility index (Phi) is 4810. The molecule has 0 nitrogen and oxygen atoms in total. The Hall–Kier alpha value is 0. The number of hydrogen-bond donors (Lipinski definition) is 0. The summed E-state index contributed by atoms with van der Waals surface area (Å²) in [6.45, 7) is 46.5. The van der Waals surface area contributed by atoms with E-state index in [2.05, 4.69) is 20.8 Å². The Morgan fingerprint density at radius 2 is 0.240 bits per heavy atom. The van der Waals surface area contributed by atoms with E-state index in [4.69, 9.17) is 0 Å². The van der Waals surface area contributed by atoms with E-state index in [1.54, 1.807) is 0 Å². The van der Waals surface area contributed by atoms with Crippen molar-refractivity contribution >= 4 is 0 Å². The van der Waals surface area contributed by atoms with Crippen molar-refractivity contribution < 1.29 is 0 Å². The summed E-state index contributed by atoms with van der Waals surface area (Å²) in [5.74, 6) is 0.833. The zero-order chi connectivity index (χ0) is 23.6. The Bertz CT molecular complexity index is 4.75. The zero-order valence-corrected chi connectivity index (χ0v) is 23.6. The molecule has 25 heavy (non-hydrogen) atoms. The molecule has 0 amide bonds. The van der Waals surface area contributed by atoms with Crippen molar-refractivity contribution in [1.82, 2.24) is 0 Å². The van der Waals surface area contributed by atoms with Gasteiger partial charge < -0.3 is 0 Å². The van der Waals surface area contributed by atoms with Gasteiger partial charge in [0.25, 0.3) is 0 Å². The lowest BCUT2D eigenvalue weighted by Gasteiger charge is -1.79. The Balaban J connectivity index is -0.00000000751. The minimum Gasteiger partial charge on any atom is -0.0776 e. The van der Waals surface area contributed by atoms with E-state index in [0.29, 0.717) is 0 Å². The van der Waals surface area contributed by atoms with Gasteiger partial charge in [0.05, 0.1) is 0 Å². The molecule has 0 unspecified atom stereocenters. The van der Waals surface area contributed by atoms with Gasteiger partial charge in [0.1, 0.15) is 0 Å². The second-order valence-corrected chi connectivity index (χ2v) is 1.73. The van der Waals surface area contributed by atoms with E-state index in [-0.39, 0.29) is 7.43 Å². The topological polar surface area (TPSA) is 0 Å². The molecule has 0 radical (unpaired) electrons. The quantitative estimate of drug-likeness (QED) is 0.395. The molecule has 0 atom stereocenters. The third kappa shape index (κ3) is 0. The summed E-state index contributed by atoms with van der Waals surface area (Å²) in [7, 11) is 0. The fourth-order valence-corrected chi connectivity index (χ4v) is 0. The fraction of sp³-hybridized carbons (Fsp3) is 1.00. The Morgan fingerprint density at radius 3 is 0.240 bits per heavy atom. The van der Waals surface area contributed by atoms with Crippen LogP contribution >= 0.6 is 0 Å². The van der Waals surface area contributed by atoms with Crippen LogP contribution in [0.15, 0.2) is 0 Å². The lowest BCUT2D eigenvalue weighted by atomic mass is 10.3. The van der Waals surface area contributed by atoms with E-state index in [1.807, 2.05) is 138 Å². The third-order valence-electron chi connectivity index (χ3n) is 0. The molecule has 0 fully saturated rings. The molecule has 0 heteroatoms. The molecule has 0 aliphatic rings. The molecular formula is C25H74. The second kappa shape index (κ2) is 1410. The predicted molar refractivity (Wildman–Crippen MR) is 141 cm³/mol. The van der Waals surface area contributed by atoms with E-state index >= 15 is 0 Å². The van der Waals surface area contributed by atoms with Crippen LogP contribution in [-0.2, 0) is 0 Å². The summed E-state index contributed by atoms with van der Waals surface area (Å²) in [5.41, 5.74) is 0. The lowest BCUT2D eigenvalue weighted by Crippen LogP contribution is -1.66. The van der Waals surface area contributed by atoms with Gasteiger partial charge in [0.2, 0.25) is 0 Å². The molecule has 174 valence electrons. The largest absolute Gasteiger partial charge is 0.0776 e. The van der Waals surface area contributed by atoms with Crippen LogP contribution in [0.2, 0.25) is 0 Å². The highest BCUT2D eigenvalue weighted by Crippen LogP contribution is 1.81. The predicted octanol–water partition coefficient (Wildman–Crippen LogP) is 12.6. The van der Waals surface area contributed by atoms with Crippen LogP contribution in [0.25, 0.3) is 0 Å². The molecule has 0 aliphatic heterocycles. The van der Waals surface area contributed by atoms with Gasteiger partial charge in [0.15, 0.2) is 0 Å². The Morgan fingerprint density at radius 1 is 0.240 bits per heavy atom. The average molecular weight is 375 g/mol. The number of hydrogen-bond acceptors (Lipinski definition) is 0. The molecule has 0 saturated heterocycles. The highest BCUT2D eigenvalue weighted by atomic mass is 13.7. The SMILES string of the molecule is C.CC.CC.CC.CC.CC.CC.CC.CC.CC.CC.CC(C)C. The van der Waals surface area contributed by atoms with Crippen molar-refractivity contribution in [3.63, 3.8) is 0 Å². The van der Waals surface area contributed by atoms with E-state index in [1.165, 1.54) is 0 Å². The summed E-state index contributed by atoms with van der Waals surface area (Å²) >= 11 is 0. The molecule has 0 aromatic rings. The molecule has 0 spiro atoms. The molecule has 0 rings (SSSR count). The van der Waals surface area contributed by atoms with Crippen LogP contribution in [0, 0.1) is 5.92 Å². The monoisotopic (exact) mass is 375 g/mol. The smallest absolute Gasteiger partial charge is 0.0500 e. The van der Waals surface area contributed by atoms with Crippen LogP contribution in [0.3, 0.4) is 0 Å². The van der Waals surface area contributed by atoms with Crippen LogP contribution < -0.4 is 0 Å². The van der Waals surface area contributed by atoms with Crippen molar-refractivity contribution in [2.24, 2.45) is 5.92 Å². The first-order valence-corrected chi connectivity index (χ1v) is 11.7. The zero-order valence-electron chi connectivity index (χ0n) is 23.6. The van der Waals surface area contributed by atoms with Crippen LogP contribution in [0.5, 0.6) is 0 Å². The average Bonchev–Trinajstić information content (AvgIpc) is 2.76. The van der Waals surface area contributed by atoms with Crippen molar-refractivity contribution in [1.29, 1.82) is 0 Å². The van der Waals surface area contributed by atoms with E-state index < -0.39 is 0 Å². The summed E-state index contributed by atoms with van der Waals surface area (Å²) in [6.07, 6.45) is 0. The van der Waals surface area contributed by atoms with Crippen molar-refractivity contribution in [2.75, 3.05) is 0 Å². The minimum atomic E-state index is 0. The van der Waals surface area contributed by atoms with Gasteiger partial charge in [-0.2, -0.15) is 0 Å². The highest BCUT2D eigenvalue weighted by Gasteiger charge is 1.68. The van der Waals surface area contributed by atoms with Crippen molar-refractivity contribution in [2.45, 2.75) is 167 Å². The van der Waals surface area contributed by atoms with Gasteiger partial charge in [-0.15, -0.1) is 0 Å². The third-order valence-corrected chi connectivity index (χ3v) is 0. The normalized spacial score (nSPS) is 3.84. The van der Waals surface area contributed by atoms with Crippen molar-refractivity contribution in [3.05, 3.63) is 0 Å². The number of rotatable bonds is 0. The maximum atomic E-state index is 2.17. The molecule has 0 saturated carbocycles. The molecule has 0 heterocycles. The van der Waals surface area contributed by atoms with E-state index in [0.717, 1.165) is 5.92 Å². The van der Waals surface area contributed by atoms with Crippen LogP contribution in [-0.4, -0.2) is 0 Å². The second-order valence-electron chi connectivity index (χ2n) is 1.73. The molecule has 0 aromatic carbocycles. The van der Waals surface area contributed by atoms with Gasteiger partial charge in [-0.3, -0.25) is 0 Å². The summed E-state index contributed by atoms with van der Waals surface area (Å²) in [6, 6.07) is 0. The molecule has 0 aliphatic carbocycles. The summed E-state index contributed by atoms with van der Waals surface area (Å²) in [4.78, 5) is 0. The molecule has 0 N–H and O–H groups in total. The maximum absolute atomic E-state index is 2.17. The van der Waals surface area contributed by atoms with Gasteiger partial charge in [0, 0.05) is 0 Å². The first-order valence-electron chi connectivity index (χ1n) is 11.7. The maximum Gasteiger partial charge on any atom is -0.0500 e. The molecule has 0 bridgehead atoms. The minimum absolute atomic E-state index is 0. The standard InChI is InChI=1S/C4H10.10C2H6.CH4/c1-4(2)3;10*1-2;/h4H,1-3H3;10*1-2H3;1H4.